The first-order chi connectivity index (χ1) is 10.5. The number of aromatic amines is 1. The van der Waals surface area contributed by atoms with Gasteiger partial charge in [-0.05, 0) is 49.8 Å². The van der Waals surface area contributed by atoms with Crippen LogP contribution in [-0.4, -0.2) is 36.5 Å². The maximum absolute atomic E-state index is 12.3. The molecule has 120 valence electrons. The maximum atomic E-state index is 12.3. The maximum Gasteiger partial charge on any atom is 0.214 e. The van der Waals surface area contributed by atoms with Gasteiger partial charge in [-0.3, -0.25) is 0 Å². The third-order valence-electron chi connectivity index (χ3n) is 4.48. The van der Waals surface area contributed by atoms with E-state index in [1.165, 1.54) is 10.9 Å². The molecule has 0 saturated carbocycles. The fourth-order valence-corrected chi connectivity index (χ4v) is 4.92. The predicted molar refractivity (Wildman–Crippen MR) is 90.7 cm³/mol. The van der Waals surface area contributed by atoms with Crippen molar-refractivity contribution in [1.82, 2.24) is 9.29 Å². The first-order valence-corrected chi connectivity index (χ1v) is 9.67. The molecule has 0 radical (unpaired) electrons. The zero-order valence-corrected chi connectivity index (χ0v) is 14.1. The number of sulfonamides is 1. The average molecular weight is 320 g/mol. The minimum absolute atomic E-state index is 0.256. The molecular weight excluding hydrogens is 296 g/mol. The van der Waals surface area contributed by atoms with E-state index in [-0.39, 0.29) is 11.7 Å². The molecule has 1 unspecified atom stereocenters. The van der Waals surface area contributed by atoms with Gasteiger partial charge in [-0.25, -0.2) is 12.7 Å². The summed E-state index contributed by atoms with van der Waals surface area (Å²) < 4.78 is 26.3. The van der Waals surface area contributed by atoms with Crippen LogP contribution in [0, 0.1) is 6.92 Å². The molecular formula is C17H24N2O2S. The molecule has 2 heterocycles. The number of benzene rings is 1. The highest BCUT2D eigenvalue weighted by atomic mass is 32.2. The Morgan fingerprint density at radius 3 is 2.91 bits per heavy atom. The van der Waals surface area contributed by atoms with Gasteiger partial charge in [-0.2, -0.15) is 0 Å². The summed E-state index contributed by atoms with van der Waals surface area (Å²) in [5, 5.41) is 1.21. The molecule has 1 saturated heterocycles. The molecule has 0 bridgehead atoms. The van der Waals surface area contributed by atoms with Gasteiger partial charge in [0, 0.05) is 30.2 Å². The molecule has 1 fully saturated rings. The zero-order valence-electron chi connectivity index (χ0n) is 13.3. The third-order valence-corrected chi connectivity index (χ3v) is 6.52. The number of hydrogen-bond donors (Lipinski definition) is 1. The lowest BCUT2D eigenvalue weighted by atomic mass is 9.96. The van der Waals surface area contributed by atoms with E-state index >= 15 is 0 Å². The van der Waals surface area contributed by atoms with Crippen LogP contribution < -0.4 is 0 Å². The van der Waals surface area contributed by atoms with E-state index in [1.54, 1.807) is 4.31 Å². The van der Waals surface area contributed by atoms with Gasteiger partial charge in [0.15, 0.2) is 0 Å². The van der Waals surface area contributed by atoms with E-state index in [4.69, 9.17) is 0 Å². The van der Waals surface area contributed by atoms with Gasteiger partial charge in [0.05, 0.1) is 5.75 Å². The van der Waals surface area contributed by atoms with E-state index in [1.807, 2.05) is 6.92 Å². The van der Waals surface area contributed by atoms with Crippen molar-refractivity contribution in [3.8, 4) is 0 Å². The molecule has 2 aromatic rings. The zero-order chi connectivity index (χ0) is 15.7. The Labute approximate surface area is 132 Å². The normalized spacial score (nSPS) is 20.5. The number of nitrogens with one attached hydrogen (secondary N) is 1. The molecule has 3 rings (SSSR count). The highest BCUT2D eigenvalue weighted by Gasteiger charge is 2.29. The van der Waals surface area contributed by atoms with Crippen LogP contribution in [-0.2, 0) is 10.0 Å². The predicted octanol–water partition coefficient (Wildman–Crippen LogP) is 3.40. The Morgan fingerprint density at radius 1 is 1.32 bits per heavy atom. The quantitative estimate of drug-likeness (QED) is 0.939. The molecule has 1 atom stereocenters. The second-order valence-corrected chi connectivity index (χ2v) is 8.42. The standard InChI is InChI=1S/C17H24N2O2S/c1-3-9-22(20,21)19-8-4-5-14(12-19)17-11-15-10-13(2)6-7-16(15)18-17/h6-7,10-11,14,18H,3-5,8-9,12H2,1-2H3. The Morgan fingerprint density at radius 2 is 2.14 bits per heavy atom. The second-order valence-electron chi connectivity index (χ2n) is 6.33. The molecule has 1 aliphatic rings. The van der Waals surface area contributed by atoms with Gasteiger partial charge in [-0.1, -0.05) is 18.6 Å². The lowest BCUT2D eigenvalue weighted by Crippen LogP contribution is -2.40. The molecule has 1 aliphatic heterocycles. The molecule has 22 heavy (non-hydrogen) atoms. The van der Waals surface area contributed by atoms with Crippen molar-refractivity contribution < 1.29 is 8.42 Å². The molecule has 0 amide bonds. The molecule has 0 aliphatic carbocycles. The number of nitrogens with zero attached hydrogens (tertiary/aromatic N) is 1. The van der Waals surface area contributed by atoms with Crippen molar-refractivity contribution in [2.45, 2.75) is 39.0 Å². The van der Waals surface area contributed by atoms with Gasteiger partial charge < -0.3 is 4.98 Å². The van der Waals surface area contributed by atoms with Gasteiger partial charge in [0.2, 0.25) is 10.0 Å². The van der Waals surface area contributed by atoms with E-state index < -0.39 is 10.0 Å². The van der Waals surface area contributed by atoms with Crippen LogP contribution >= 0.6 is 0 Å². The lowest BCUT2D eigenvalue weighted by Gasteiger charge is -2.31. The van der Waals surface area contributed by atoms with Crippen molar-refractivity contribution >= 4 is 20.9 Å². The summed E-state index contributed by atoms with van der Waals surface area (Å²) in [5.41, 5.74) is 3.54. The van der Waals surface area contributed by atoms with Gasteiger partial charge in [0.1, 0.15) is 0 Å². The van der Waals surface area contributed by atoms with Crippen molar-refractivity contribution in [2.24, 2.45) is 0 Å². The molecule has 0 spiro atoms. The Hall–Kier alpha value is -1.33. The van der Waals surface area contributed by atoms with Crippen LogP contribution in [0.2, 0.25) is 0 Å². The SMILES string of the molecule is CCCS(=O)(=O)N1CCCC(c2cc3cc(C)ccc3[nH]2)C1. The largest absolute Gasteiger partial charge is 0.358 e. The van der Waals surface area contributed by atoms with E-state index in [0.29, 0.717) is 19.5 Å². The second kappa shape index (κ2) is 6.05. The fraction of sp³-hybridized carbons (Fsp3) is 0.529. The first-order valence-electron chi connectivity index (χ1n) is 8.06. The minimum atomic E-state index is -3.09. The van der Waals surface area contributed by atoms with Crippen molar-refractivity contribution in [1.29, 1.82) is 0 Å². The summed E-state index contributed by atoms with van der Waals surface area (Å²) in [6.07, 6.45) is 2.65. The van der Waals surface area contributed by atoms with Crippen molar-refractivity contribution in [3.63, 3.8) is 0 Å². The van der Waals surface area contributed by atoms with Crippen LogP contribution in [0.25, 0.3) is 10.9 Å². The fourth-order valence-electron chi connectivity index (χ4n) is 3.33. The van der Waals surface area contributed by atoms with Crippen LogP contribution in [0.4, 0.5) is 0 Å². The van der Waals surface area contributed by atoms with Gasteiger partial charge in [0.25, 0.3) is 0 Å². The summed E-state index contributed by atoms with van der Waals surface area (Å²) in [6.45, 7) is 5.27. The van der Waals surface area contributed by atoms with Crippen LogP contribution in [0.1, 0.15) is 43.4 Å². The van der Waals surface area contributed by atoms with Gasteiger partial charge >= 0.3 is 0 Å². The van der Waals surface area contributed by atoms with Crippen molar-refractivity contribution in [3.05, 3.63) is 35.5 Å². The summed E-state index contributed by atoms with van der Waals surface area (Å²) in [4.78, 5) is 3.48. The number of piperidine rings is 1. The van der Waals surface area contributed by atoms with Crippen LogP contribution in [0.3, 0.4) is 0 Å². The van der Waals surface area contributed by atoms with E-state index in [0.717, 1.165) is 24.1 Å². The highest BCUT2D eigenvalue weighted by molar-refractivity contribution is 7.89. The summed E-state index contributed by atoms with van der Waals surface area (Å²) in [6, 6.07) is 8.55. The number of aryl methyl sites for hydroxylation is 1. The van der Waals surface area contributed by atoms with Crippen LogP contribution in [0.5, 0.6) is 0 Å². The topological polar surface area (TPSA) is 53.2 Å². The molecule has 1 N–H and O–H groups in total. The number of H-pyrrole nitrogens is 1. The molecule has 4 nitrogen and oxygen atoms in total. The Balaban J connectivity index is 1.84. The molecule has 1 aromatic heterocycles. The lowest BCUT2D eigenvalue weighted by molar-refractivity contribution is 0.313. The number of hydrogen-bond acceptors (Lipinski definition) is 2. The summed E-state index contributed by atoms with van der Waals surface area (Å²) >= 11 is 0. The minimum Gasteiger partial charge on any atom is -0.358 e. The smallest absolute Gasteiger partial charge is 0.214 e. The number of rotatable bonds is 4. The number of aromatic nitrogens is 1. The monoisotopic (exact) mass is 320 g/mol. The highest BCUT2D eigenvalue weighted by Crippen LogP contribution is 2.30. The Bertz CT molecular complexity index is 764. The molecule has 5 heteroatoms. The third kappa shape index (κ3) is 3.06. The van der Waals surface area contributed by atoms with Crippen LogP contribution in [0.15, 0.2) is 24.3 Å². The summed E-state index contributed by atoms with van der Waals surface area (Å²) in [7, 11) is -3.09. The number of fused-ring (bicyclic) bond motifs is 1. The average Bonchev–Trinajstić information content (AvgIpc) is 2.90. The first kappa shape index (κ1) is 15.6. The van der Waals surface area contributed by atoms with Gasteiger partial charge in [-0.15, -0.1) is 0 Å². The van der Waals surface area contributed by atoms with E-state index in [2.05, 4.69) is 36.2 Å². The van der Waals surface area contributed by atoms with Crippen molar-refractivity contribution in [2.75, 3.05) is 18.8 Å². The Kier molecular flexibility index (Phi) is 4.28. The summed E-state index contributed by atoms with van der Waals surface area (Å²) in [5.74, 6) is 0.527. The molecule has 1 aromatic carbocycles. The van der Waals surface area contributed by atoms with E-state index in [9.17, 15) is 8.42 Å².